The van der Waals surface area contributed by atoms with Crippen molar-refractivity contribution in [1.29, 1.82) is 0 Å². The van der Waals surface area contributed by atoms with Gasteiger partial charge in [-0.25, -0.2) is 4.98 Å². The van der Waals surface area contributed by atoms with Crippen LogP contribution in [0.1, 0.15) is 13.1 Å². The summed E-state index contributed by atoms with van der Waals surface area (Å²) >= 11 is 5.85. The molecule has 0 saturated carbocycles. The lowest BCUT2D eigenvalue weighted by molar-refractivity contribution is 0.489. The summed E-state index contributed by atoms with van der Waals surface area (Å²) in [5, 5.41) is 4.91. The zero-order valence-electron chi connectivity index (χ0n) is 8.16. The summed E-state index contributed by atoms with van der Waals surface area (Å²) in [6.07, 6.45) is 3.92. The maximum Gasteiger partial charge on any atom is 0.141 e. The van der Waals surface area contributed by atoms with Gasteiger partial charge in [0.05, 0.1) is 11.2 Å². The highest BCUT2D eigenvalue weighted by molar-refractivity contribution is 6.31. The second kappa shape index (κ2) is 3.59. The lowest BCUT2D eigenvalue weighted by Crippen LogP contribution is -2.19. The Morgan fingerprint density at radius 3 is 3.07 bits per heavy atom. The number of pyridine rings is 1. The molecule has 1 unspecified atom stereocenters. The van der Waals surface area contributed by atoms with Crippen molar-refractivity contribution in [1.82, 2.24) is 14.9 Å². The van der Waals surface area contributed by atoms with Gasteiger partial charge in [-0.05, 0) is 26.1 Å². The molecular weight excluding hydrogens is 198 g/mol. The van der Waals surface area contributed by atoms with Crippen LogP contribution in [0.3, 0.4) is 0 Å². The Kier molecular flexibility index (Phi) is 2.44. The number of hydrogen-bond acceptors (Lipinski definition) is 2. The Labute approximate surface area is 87.7 Å². The molecule has 2 aromatic heterocycles. The SMILES string of the molecule is CNC(C)n1ccc2cc(Cl)cnc21. The molecule has 0 aliphatic carbocycles. The zero-order chi connectivity index (χ0) is 10.1. The van der Waals surface area contributed by atoms with Crippen molar-refractivity contribution in [3.63, 3.8) is 0 Å². The predicted molar refractivity (Wildman–Crippen MR) is 58.5 cm³/mol. The van der Waals surface area contributed by atoms with Crippen LogP contribution in [-0.4, -0.2) is 16.6 Å². The van der Waals surface area contributed by atoms with E-state index in [1.807, 2.05) is 25.4 Å². The van der Waals surface area contributed by atoms with E-state index in [9.17, 15) is 0 Å². The van der Waals surface area contributed by atoms with Crippen molar-refractivity contribution in [2.75, 3.05) is 7.05 Å². The quantitative estimate of drug-likeness (QED) is 0.824. The lowest BCUT2D eigenvalue weighted by Gasteiger charge is -2.12. The van der Waals surface area contributed by atoms with Gasteiger partial charge in [-0.1, -0.05) is 11.6 Å². The van der Waals surface area contributed by atoms with Gasteiger partial charge in [-0.15, -0.1) is 0 Å². The average Bonchev–Trinajstić information content (AvgIpc) is 2.59. The van der Waals surface area contributed by atoms with E-state index in [4.69, 9.17) is 11.6 Å². The molecule has 74 valence electrons. The summed E-state index contributed by atoms with van der Waals surface area (Å²) in [5.74, 6) is 0. The second-order valence-corrected chi connectivity index (χ2v) is 3.69. The Balaban J connectivity index is 2.58. The maximum absolute atomic E-state index is 5.85. The fraction of sp³-hybridized carbons (Fsp3) is 0.300. The van der Waals surface area contributed by atoms with Crippen molar-refractivity contribution in [2.45, 2.75) is 13.1 Å². The third kappa shape index (κ3) is 1.49. The van der Waals surface area contributed by atoms with E-state index in [0.717, 1.165) is 11.0 Å². The Bertz CT molecular complexity index is 450. The predicted octanol–water partition coefficient (Wildman–Crippen LogP) is 2.43. The van der Waals surface area contributed by atoms with Gasteiger partial charge in [0.25, 0.3) is 0 Å². The van der Waals surface area contributed by atoms with Gasteiger partial charge in [0, 0.05) is 17.8 Å². The van der Waals surface area contributed by atoms with Gasteiger partial charge in [-0.3, -0.25) is 0 Å². The largest absolute Gasteiger partial charge is 0.317 e. The smallest absolute Gasteiger partial charge is 0.141 e. The van der Waals surface area contributed by atoms with Gasteiger partial charge in [-0.2, -0.15) is 0 Å². The Morgan fingerprint density at radius 1 is 1.57 bits per heavy atom. The van der Waals surface area contributed by atoms with Crippen LogP contribution in [0.15, 0.2) is 24.5 Å². The van der Waals surface area contributed by atoms with Crippen molar-refractivity contribution in [3.8, 4) is 0 Å². The van der Waals surface area contributed by atoms with Gasteiger partial charge in [0.15, 0.2) is 0 Å². The molecule has 0 fully saturated rings. The number of rotatable bonds is 2. The molecule has 1 atom stereocenters. The highest BCUT2D eigenvalue weighted by Gasteiger charge is 2.06. The monoisotopic (exact) mass is 209 g/mol. The lowest BCUT2D eigenvalue weighted by atomic mass is 10.3. The summed E-state index contributed by atoms with van der Waals surface area (Å²) in [4.78, 5) is 4.30. The number of nitrogens with zero attached hydrogens (tertiary/aromatic N) is 2. The van der Waals surface area contributed by atoms with Crippen LogP contribution >= 0.6 is 11.6 Å². The van der Waals surface area contributed by atoms with Crippen LogP contribution in [0.25, 0.3) is 11.0 Å². The average molecular weight is 210 g/mol. The van der Waals surface area contributed by atoms with Gasteiger partial charge in [0.1, 0.15) is 5.65 Å². The number of fused-ring (bicyclic) bond motifs is 1. The molecule has 0 aliphatic heterocycles. The van der Waals surface area contributed by atoms with E-state index >= 15 is 0 Å². The molecule has 0 aliphatic rings. The molecule has 0 amide bonds. The molecule has 3 nitrogen and oxygen atoms in total. The fourth-order valence-electron chi connectivity index (χ4n) is 1.47. The third-order valence-corrected chi connectivity index (χ3v) is 2.56. The molecule has 0 bridgehead atoms. The van der Waals surface area contributed by atoms with Crippen LogP contribution in [0.5, 0.6) is 0 Å². The van der Waals surface area contributed by atoms with Gasteiger partial charge >= 0.3 is 0 Å². The van der Waals surface area contributed by atoms with Crippen molar-refractivity contribution < 1.29 is 0 Å². The first-order chi connectivity index (χ1) is 6.72. The van der Waals surface area contributed by atoms with E-state index < -0.39 is 0 Å². The van der Waals surface area contributed by atoms with Crippen LogP contribution in [-0.2, 0) is 0 Å². The number of halogens is 1. The van der Waals surface area contributed by atoms with Gasteiger partial charge in [0.2, 0.25) is 0 Å². The second-order valence-electron chi connectivity index (χ2n) is 3.25. The standard InChI is InChI=1S/C10H12ClN3/c1-7(12-2)14-4-3-8-5-9(11)6-13-10(8)14/h3-7,12H,1-2H3. The van der Waals surface area contributed by atoms with Crippen molar-refractivity contribution in [3.05, 3.63) is 29.5 Å². The Hall–Kier alpha value is -1.06. The van der Waals surface area contributed by atoms with Crippen LogP contribution in [0.2, 0.25) is 5.02 Å². The third-order valence-electron chi connectivity index (χ3n) is 2.36. The molecule has 2 rings (SSSR count). The number of aromatic nitrogens is 2. The zero-order valence-corrected chi connectivity index (χ0v) is 8.92. The summed E-state index contributed by atoms with van der Waals surface area (Å²) in [5.41, 5.74) is 0.955. The molecule has 1 N–H and O–H groups in total. The minimum absolute atomic E-state index is 0.237. The van der Waals surface area contributed by atoms with Crippen molar-refractivity contribution >= 4 is 22.6 Å². The first-order valence-corrected chi connectivity index (χ1v) is 4.89. The molecule has 0 saturated heterocycles. The Morgan fingerprint density at radius 2 is 2.36 bits per heavy atom. The summed E-state index contributed by atoms with van der Waals surface area (Å²) in [7, 11) is 1.92. The normalized spacial score (nSPS) is 13.4. The number of hydrogen-bond donors (Lipinski definition) is 1. The number of nitrogens with one attached hydrogen (secondary N) is 1. The van der Waals surface area contributed by atoms with E-state index in [-0.39, 0.29) is 6.17 Å². The minimum Gasteiger partial charge on any atom is -0.317 e. The highest BCUT2D eigenvalue weighted by atomic mass is 35.5. The summed E-state index contributed by atoms with van der Waals surface area (Å²) in [6.45, 7) is 2.08. The first-order valence-electron chi connectivity index (χ1n) is 4.51. The van der Waals surface area contributed by atoms with E-state index in [1.54, 1.807) is 6.20 Å². The van der Waals surface area contributed by atoms with E-state index in [1.165, 1.54) is 0 Å². The summed E-state index contributed by atoms with van der Waals surface area (Å²) < 4.78 is 2.08. The molecule has 0 spiro atoms. The molecule has 14 heavy (non-hydrogen) atoms. The molecule has 2 aromatic rings. The maximum atomic E-state index is 5.85. The summed E-state index contributed by atoms with van der Waals surface area (Å²) in [6, 6.07) is 3.94. The highest BCUT2D eigenvalue weighted by Crippen LogP contribution is 2.19. The minimum atomic E-state index is 0.237. The van der Waals surface area contributed by atoms with Crippen molar-refractivity contribution in [2.24, 2.45) is 0 Å². The van der Waals surface area contributed by atoms with E-state index in [0.29, 0.717) is 5.02 Å². The van der Waals surface area contributed by atoms with E-state index in [2.05, 4.69) is 21.8 Å². The van der Waals surface area contributed by atoms with Crippen LogP contribution in [0.4, 0.5) is 0 Å². The molecular formula is C10H12ClN3. The van der Waals surface area contributed by atoms with Crippen LogP contribution < -0.4 is 5.32 Å². The van der Waals surface area contributed by atoms with Gasteiger partial charge < -0.3 is 9.88 Å². The molecule has 0 radical (unpaired) electrons. The van der Waals surface area contributed by atoms with Crippen LogP contribution in [0, 0.1) is 0 Å². The topological polar surface area (TPSA) is 29.9 Å². The molecule has 4 heteroatoms. The molecule has 2 heterocycles. The molecule has 0 aromatic carbocycles. The fourth-order valence-corrected chi connectivity index (χ4v) is 1.64. The first kappa shape index (κ1) is 9.49.